The maximum Gasteiger partial charge on any atom is 0.257 e. The summed E-state index contributed by atoms with van der Waals surface area (Å²) in [6.45, 7) is 7.17. The molecule has 0 saturated carbocycles. The number of hydrogen-bond donors (Lipinski definition) is 0. The van der Waals surface area contributed by atoms with Crippen LogP contribution in [-0.2, 0) is 11.3 Å². The molecule has 0 unspecified atom stereocenters. The van der Waals surface area contributed by atoms with Crippen molar-refractivity contribution in [2.45, 2.75) is 6.54 Å². The second-order valence-corrected chi connectivity index (χ2v) is 6.93. The van der Waals surface area contributed by atoms with Gasteiger partial charge in [0.05, 0.1) is 18.8 Å². The highest BCUT2D eigenvalue weighted by Crippen LogP contribution is 2.14. The molecule has 0 radical (unpaired) electrons. The van der Waals surface area contributed by atoms with Crippen molar-refractivity contribution >= 4 is 11.9 Å². The van der Waals surface area contributed by atoms with Gasteiger partial charge >= 0.3 is 0 Å². The van der Waals surface area contributed by atoms with Crippen LogP contribution >= 0.6 is 0 Å². The third kappa shape index (κ3) is 4.43. The van der Waals surface area contributed by atoms with Crippen LogP contribution in [0.4, 0.5) is 5.95 Å². The van der Waals surface area contributed by atoms with Crippen LogP contribution in [0.2, 0.25) is 0 Å². The predicted octanol–water partition coefficient (Wildman–Crippen LogP) is 1.27. The Kier molecular flexibility index (Phi) is 5.60. The van der Waals surface area contributed by atoms with Crippen molar-refractivity contribution in [2.75, 3.05) is 57.4 Å². The van der Waals surface area contributed by atoms with E-state index in [-0.39, 0.29) is 5.91 Å². The molecule has 0 atom stereocenters. The molecule has 7 nitrogen and oxygen atoms in total. The molecule has 27 heavy (non-hydrogen) atoms. The molecule has 142 valence electrons. The Bertz CT molecular complexity index is 739. The highest BCUT2D eigenvalue weighted by molar-refractivity contribution is 5.93. The van der Waals surface area contributed by atoms with Gasteiger partial charge in [-0.25, -0.2) is 9.97 Å². The van der Waals surface area contributed by atoms with E-state index in [1.165, 1.54) is 5.56 Å². The fraction of sp³-hybridized carbons (Fsp3) is 0.450. The number of morpholine rings is 1. The number of rotatable bonds is 4. The van der Waals surface area contributed by atoms with Crippen molar-refractivity contribution in [3.63, 3.8) is 0 Å². The lowest BCUT2D eigenvalue weighted by molar-refractivity contribution is 0.0302. The second kappa shape index (κ2) is 8.45. The lowest BCUT2D eigenvalue weighted by Gasteiger charge is -2.34. The Morgan fingerprint density at radius 2 is 1.59 bits per heavy atom. The van der Waals surface area contributed by atoms with Crippen LogP contribution in [0.3, 0.4) is 0 Å². The number of nitrogens with zero attached hydrogens (tertiary/aromatic N) is 5. The Morgan fingerprint density at radius 1 is 0.926 bits per heavy atom. The molecule has 0 bridgehead atoms. The molecule has 0 N–H and O–H groups in total. The maximum atomic E-state index is 12.5. The standard InChI is InChI=1S/C20H25N5O2/c26-19(24-10-12-27-13-11-24)18-14-21-20(22-15-18)25-8-6-23(7-9-25)16-17-4-2-1-3-5-17/h1-5,14-15H,6-13,16H2. The average molecular weight is 367 g/mol. The zero-order chi connectivity index (χ0) is 18.5. The highest BCUT2D eigenvalue weighted by Gasteiger charge is 2.21. The molecule has 2 aliphatic heterocycles. The van der Waals surface area contributed by atoms with E-state index in [1.54, 1.807) is 17.3 Å². The first-order valence-electron chi connectivity index (χ1n) is 9.50. The van der Waals surface area contributed by atoms with Crippen LogP contribution in [0.1, 0.15) is 15.9 Å². The molecule has 1 amide bonds. The van der Waals surface area contributed by atoms with Crippen LogP contribution in [0.5, 0.6) is 0 Å². The molecule has 7 heteroatoms. The summed E-state index contributed by atoms with van der Waals surface area (Å²) in [7, 11) is 0. The molecule has 2 aromatic rings. The van der Waals surface area contributed by atoms with Crippen molar-refractivity contribution in [2.24, 2.45) is 0 Å². The molecule has 4 rings (SSSR count). The van der Waals surface area contributed by atoms with Gasteiger partial charge in [-0.1, -0.05) is 30.3 Å². The minimum atomic E-state index is -0.0162. The maximum absolute atomic E-state index is 12.5. The minimum absolute atomic E-state index is 0.0162. The quantitative estimate of drug-likeness (QED) is 0.811. The number of ether oxygens (including phenoxy) is 1. The second-order valence-electron chi connectivity index (χ2n) is 6.93. The molecule has 0 spiro atoms. The van der Waals surface area contributed by atoms with Crippen molar-refractivity contribution in [3.05, 3.63) is 53.9 Å². The Balaban J connectivity index is 1.31. The predicted molar refractivity (Wildman–Crippen MR) is 103 cm³/mol. The lowest BCUT2D eigenvalue weighted by Crippen LogP contribution is -2.46. The van der Waals surface area contributed by atoms with Crippen LogP contribution in [-0.4, -0.2) is 78.2 Å². The van der Waals surface area contributed by atoms with Gasteiger partial charge in [-0.15, -0.1) is 0 Å². The Morgan fingerprint density at radius 3 is 2.26 bits per heavy atom. The van der Waals surface area contributed by atoms with Gasteiger partial charge in [-0.05, 0) is 5.56 Å². The summed E-state index contributed by atoms with van der Waals surface area (Å²) in [5.74, 6) is 0.686. The van der Waals surface area contributed by atoms with E-state index in [0.29, 0.717) is 37.8 Å². The van der Waals surface area contributed by atoms with Crippen molar-refractivity contribution in [1.29, 1.82) is 0 Å². The number of amides is 1. The van der Waals surface area contributed by atoms with Gasteiger partial charge in [0.1, 0.15) is 0 Å². The van der Waals surface area contributed by atoms with E-state index in [1.807, 2.05) is 6.07 Å². The van der Waals surface area contributed by atoms with Crippen LogP contribution < -0.4 is 4.90 Å². The molecule has 3 heterocycles. The van der Waals surface area contributed by atoms with E-state index < -0.39 is 0 Å². The monoisotopic (exact) mass is 367 g/mol. The number of carbonyl (C=O) groups excluding carboxylic acids is 1. The molecule has 2 aliphatic rings. The van der Waals surface area contributed by atoms with Gasteiger partial charge < -0.3 is 14.5 Å². The number of piperazine rings is 1. The number of hydrogen-bond acceptors (Lipinski definition) is 6. The van der Waals surface area contributed by atoms with Crippen LogP contribution in [0.15, 0.2) is 42.7 Å². The third-order valence-electron chi connectivity index (χ3n) is 5.09. The van der Waals surface area contributed by atoms with Crippen molar-refractivity contribution in [3.8, 4) is 0 Å². The highest BCUT2D eigenvalue weighted by atomic mass is 16.5. The lowest BCUT2D eigenvalue weighted by atomic mass is 10.2. The molecule has 1 aromatic carbocycles. The first-order chi connectivity index (χ1) is 13.3. The number of benzene rings is 1. The van der Waals surface area contributed by atoms with Gasteiger partial charge in [0.25, 0.3) is 5.91 Å². The summed E-state index contributed by atoms with van der Waals surface area (Å²) >= 11 is 0. The van der Waals surface area contributed by atoms with E-state index in [0.717, 1.165) is 32.7 Å². The van der Waals surface area contributed by atoms with Crippen LogP contribution in [0.25, 0.3) is 0 Å². The number of anilines is 1. The summed E-state index contributed by atoms with van der Waals surface area (Å²) in [4.78, 5) is 27.8. The van der Waals surface area contributed by atoms with Crippen LogP contribution in [0, 0.1) is 0 Å². The van der Waals surface area contributed by atoms with E-state index >= 15 is 0 Å². The number of aromatic nitrogens is 2. The van der Waals surface area contributed by atoms with Gasteiger partial charge in [0, 0.05) is 58.2 Å². The Hall–Kier alpha value is -2.51. The largest absolute Gasteiger partial charge is 0.378 e. The summed E-state index contributed by atoms with van der Waals surface area (Å²) in [5.41, 5.74) is 1.89. The minimum Gasteiger partial charge on any atom is -0.378 e. The van der Waals surface area contributed by atoms with E-state index in [9.17, 15) is 4.79 Å². The summed E-state index contributed by atoms with van der Waals surface area (Å²) < 4.78 is 5.29. The first kappa shape index (κ1) is 17.9. The van der Waals surface area contributed by atoms with E-state index in [4.69, 9.17) is 4.74 Å². The van der Waals surface area contributed by atoms with Gasteiger partial charge in [-0.3, -0.25) is 9.69 Å². The molecular weight excluding hydrogens is 342 g/mol. The molecule has 2 saturated heterocycles. The molecule has 1 aromatic heterocycles. The third-order valence-corrected chi connectivity index (χ3v) is 5.09. The van der Waals surface area contributed by atoms with Crippen molar-refractivity contribution < 1.29 is 9.53 Å². The summed E-state index contributed by atoms with van der Waals surface area (Å²) in [5, 5.41) is 0. The summed E-state index contributed by atoms with van der Waals surface area (Å²) in [6, 6.07) is 10.5. The van der Waals surface area contributed by atoms with Crippen molar-refractivity contribution in [1.82, 2.24) is 19.8 Å². The molecule has 0 aliphatic carbocycles. The first-order valence-corrected chi connectivity index (χ1v) is 9.50. The summed E-state index contributed by atoms with van der Waals surface area (Å²) in [6.07, 6.45) is 3.30. The topological polar surface area (TPSA) is 61.8 Å². The van der Waals surface area contributed by atoms with Gasteiger partial charge in [0.2, 0.25) is 5.95 Å². The molecular formula is C20H25N5O2. The van der Waals surface area contributed by atoms with Gasteiger partial charge in [-0.2, -0.15) is 0 Å². The Labute approximate surface area is 159 Å². The normalized spacial score (nSPS) is 18.5. The molecule has 2 fully saturated rings. The fourth-order valence-electron chi connectivity index (χ4n) is 3.49. The van der Waals surface area contributed by atoms with E-state index in [2.05, 4.69) is 44.0 Å². The van der Waals surface area contributed by atoms with Gasteiger partial charge in [0.15, 0.2) is 0 Å². The fourth-order valence-corrected chi connectivity index (χ4v) is 3.49. The zero-order valence-corrected chi connectivity index (χ0v) is 15.5. The smallest absolute Gasteiger partial charge is 0.257 e. The zero-order valence-electron chi connectivity index (χ0n) is 15.5. The average Bonchev–Trinajstić information content (AvgIpc) is 2.75. The number of carbonyl (C=O) groups is 1. The SMILES string of the molecule is O=C(c1cnc(N2CCN(Cc3ccccc3)CC2)nc1)N1CCOCC1.